The van der Waals surface area contributed by atoms with E-state index >= 15 is 0 Å². The molecule has 37 heavy (non-hydrogen) atoms. The maximum atomic E-state index is 13.4. The lowest BCUT2D eigenvalue weighted by Crippen LogP contribution is -2.53. The zero-order valence-corrected chi connectivity index (χ0v) is 22.8. The first-order chi connectivity index (χ1) is 17.5. The molecule has 0 radical (unpaired) electrons. The molecule has 1 aliphatic heterocycles. The van der Waals surface area contributed by atoms with E-state index in [1.54, 1.807) is 34.7 Å². The molecule has 1 aliphatic carbocycles. The molecule has 1 unspecified atom stereocenters. The van der Waals surface area contributed by atoms with Crippen LogP contribution in [-0.2, 0) is 21.9 Å². The molecule has 1 aromatic heterocycles. The Bertz CT molecular complexity index is 1510. The molecule has 2 fully saturated rings. The quantitative estimate of drug-likeness (QED) is 0.469. The fourth-order valence-electron chi connectivity index (χ4n) is 5.55. The SMILES string of the molecule is Cc1cc(=O)n(C)c2cc(N3C(=O)CC[C@H](NS(=O)(=O)CC(C)C4CC4)[C@H]3c3ccc(Cl)cc3)ccc12. The number of sulfonamides is 1. The monoisotopic (exact) mass is 541 g/mol. The van der Waals surface area contributed by atoms with Crippen molar-refractivity contribution in [3.05, 3.63) is 75.0 Å². The van der Waals surface area contributed by atoms with Gasteiger partial charge < -0.3 is 9.47 Å². The Morgan fingerprint density at radius 2 is 1.76 bits per heavy atom. The maximum absolute atomic E-state index is 13.4. The van der Waals surface area contributed by atoms with E-state index in [1.807, 2.05) is 44.2 Å². The molecule has 1 saturated heterocycles. The van der Waals surface area contributed by atoms with Crippen LogP contribution in [0.3, 0.4) is 0 Å². The third-order valence-electron chi connectivity index (χ3n) is 7.76. The summed E-state index contributed by atoms with van der Waals surface area (Å²) in [6.45, 7) is 3.88. The van der Waals surface area contributed by atoms with Gasteiger partial charge in [-0.15, -0.1) is 0 Å². The Morgan fingerprint density at radius 3 is 2.43 bits per heavy atom. The van der Waals surface area contributed by atoms with Crippen molar-refractivity contribution in [3.8, 4) is 0 Å². The van der Waals surface area contributed by atoms with Gasteiger partial charge >= 0.3 is 0 Å². The molecule has 9 heteroatoms. The summed E-state index contributed by atoms with van der Waals surface area (Å²) in [5.74, 6) is 0.546. The van der Waals surface area contributed by atoms with Crippen LogP contribution in [0.5, 0.6) is 0 Å². The number of amides is 1. The third-order valence-corrected chi connectivity index (χ3v) is 9.64. The van der Waals surface area contributed by atoms with Gasteiger partial charge in [-0.25, -0.2) is 13.1 Å². The van der Waals surface area contributed by atoms with Gasteiger partial charge in [-0.3, -0.25) is 9.59 Å². The summed E-state index contributed by atoms with van der Waals surface area (Å²) in [6.07, 6.45) is 2.77. The van der Waals surface area contributed by atoms with Crippen LogP contribution in [0.25, 0.3) is 10.9 Å². The van der Waals surface area contributed by atoms with E-state index in [9.17, 15) is 18.0 Å². The van der Waals surface area contributed by atoms with E-state index in [4.69, 9.17) is 11.6 Å². The second kappa shape index (κ2) is 9.89. The highest BCUT2D eigenvalue weighted by atomic mass is 35.5. The number of carbonyl (C=O) groups is 1. The number of benzene rings is 2. The highest BCUT2D eigenvalue weighted by Crippen LogP contribution is 2.39. The van der Waals surface area contributed by atoms with Gasteiger partial charge in [0.1, 0.15) is 0 Å². The molecular formula is C28H32ClN3O4S. The van der Waals surface area contributed by atoms with E-state index < -0.39 is 22.1 Å². The van der Waals surface area contributed by atoms with Crippen molar-refractivity contribution in [2.75, 3.05) is 10.7 Å². The van der Waals surface area contributed by atoms with Crippen molar-refractivity contribution >= 4 is 44.1 Å². The smallest absolute Gasteiger partial charge is 0.251 e. The van der Waals surface area contributed by atoms with Crippen LogP contribution >= 0.6 is 11.6 Å². The number of pyridine rings is 1. The summed E-state index contributed by atoms with van der Waals surface area (Å²) in [5.41, 5.74) is 2.86. The second-order valence-corrected chi connectivity index (χ2v) is 12.8. The minimum atomic E-state index is -3.57. The van der Waals surface area contributed by atoms with Crippen molar-refractivity contribution in [3.63, 3.8) is 0 Å². The number of piperidine rings is 1. The van der Waals surface area contributed by atoms with Gasteiger partial charge in [0.15, 0.2) is 0 Å². The Kier molecular flexibility index (Phi) is 6.94. The Labute approximate surface area is 222 Å². The van der Waals surface area contributed by atoms with Gasteiger partial charge in [0, 0.05) is 41.7 Å². The lowest BCUT2D eigenvalue weighted by atomic mass is 9.90. The number of carbonyl (C=O) groups excluding carboxylic acids is 1. The molecule has 1 amide bonds. The van der Waals surface area contributed by atoms with Crippen molar-refractivity contribution < 1.29 is 13.2 Å². The topological polar surface area (TPSA) is 88.5 Å². The molecule has 1 N–H and O–H groups in total. The first-order valence-corrected chi connectivity index (χ1v) is 14.7. The zero-order chi connectivity index (χ0) is 26.5. The van der Waals surface area contributed by atoms with Gasteiger partial charge in [-0.05, 0) is 73.4 Å². The standard InChI is InChI=1S/C28H32ClN3O4S/c1-17-14-27(34)31(3)25-15-22(10-11-23(17)25)32-26(33)13-12-24(28(32)20-6-8-21(29)9-7-20)30-37(35,36)16-18(2)19-4-5-19/h6-11,14-15,18-19,24,28,30H,4-5,12-13,16H2,1-3H3/t18?,24-,28+/m0/s1. The number of anilines is 1. The van der Waals surface area contributed by atoms with Crippen LogP contribution in [0.1, 0.15) is 49.8 Å². The van der Waals surface area contributed by atoms with E-state index in [1.165, 1.54) is 0 Å². The number of hydrogen-bond donors (Lipinski definition) is 1. The molecule has 0 bridgehead atoms. The van der Waals surface area contributed by atoms with Crippen LogP contribution < -0.4 is 15.2 Å². The highest BCUT2D eigenvalue weighted by molar-refractivity contribution is 7.89. The van der Waals surface area contributed by atoms with Crippen molar-refractivity contribution in [2.24, 2.45) is 18.9 Å². The Balaban J connectivity index is 1.58. The summed E-state index contributed by atoms with van der Waals surface area (Å²) in [7, 11) is -1.86. The number of aryl methyl sites for hydroxylation is 2. The van der Waals surface area contributed by atoms with E-state index in [0.29, 0.717) is 28.6 Å². The second-order valence-electron chi connectivity index (χ2n) is 10.5. The summed E-state index contributed by atoms with van der Waals surface area (Å²) in [6, 6.07) is 13.3. The molecule has 3 atom stereocenters. The molecule has 196 valence electrons. The fraction of sp³-hybridized carbons (Fsp3) is 0.429. The summed E-state index contributed by atoms with van der Waals surface area (Å²) >= 11 is 6.16. The van der Waals surface area contributed by atoms with Gasteiger partial charge in [-0.2, -0.15) is 0 Å². The van der Waals surface area contributed by atoms with Crippen molar-refractivity contribution in [1.82, 2.24) is 9.29 Å². The minimum Gasteiger partial charge on any atom is -0.311 e. The fourth-order valence-corrected chi connectivity index (χ4v) is 7.44. The third kappa shape index (κ3) is 5.33. The van der Waals surface area contributed by atoms with Crippen LogP contribution in [0.15, 0.2) is 53.3 Å². The number of halogens is 1. The van der Waals surface area contributed by atoms with Crippen LogP contribution in [0.2, 0.25) is 5.02 Å². The first kappa shape index (κ1) is 25.9. The van der Waals surface area contributed by atoms with Crippen LogP contribution in [0.4, 0.5) is 5.69 Å². The minimum absolute atomic E-state index is 0.0762. The van der Waals surface area contributed by atoms with E-state index in [-0.39, 0.29) is 29.6 Å². The summed E-state index contributed by atoms with van der Waals surface area (Å²) in [5, 5.41) is 1.48. The predicted octanol–water partition coefficient (Wildman–Crippen LogP) is 4.70. The van der Waals surface area contributed by atoms with Crippen molar-refractivity contribution in [1.29, 1.82) is 0 Å². The molecule has 7 nitrogen and oxygen atoms in total. The first-order valence-electron chi connectivity index (χ1n) is 12.7. The number of rotatable bonds is 7. The van der Waals surface area contributed by atoms with E-state index in [2.05, 4.69) is 4.72 Å². The number of aromatic nitrogens is 1. The Morgan fingerprint density at radius 1 is 1.05 bits per heavy atom. The molecule has 2 heterocycles. The number of hydrogen-bond acceptors (Lipinski definition) is 4. The molecule has 1 saturated carbocycles. The zero-order valence-electron chi connectivity index (χ0n) is 21.3. The van der Waals surface area contributed by atoms with Crippen LogP contribution in [0, 0.1) is 18.8 Å². The van der Waals surface area contributed by atoms with Gasteiger partial charge in [0.05, 0.1) is 17.3 Å². The molecular weight excluding hydrogens is 510 g/mol. The average Bonchev–Trinajstić information content (AvgIpc) is 3.69. The molecule has 2 aliphatic rings. The van der Waals surface area contributed by atoms with Crippen LogP contribution in [-0.4, -0.2) is 30.7 Å². The lowest BCUT2D eigenvalue weighted by molar-refractivity contribution is -0.120. The van der Waals surface area contributed by atoms with Gasteiger partial charge in [0.25, 0.3) is 5.56 Å². The van der Waals surface area contributed by atoms with Crippen molar-refractivity contribution in [2.45, 2.75) is 51.6 Å². The highest BCUT2D eigenvalue weighted by Gasteiger charge is 2.40. The van der Waals surface area contributed by atoms with E-state index in [0.717, 1.165) is 29.4 Å². The normalized spacial score (nSPS) is 21.4. The molecule has 5 rings (SSSR count). The molecule has 0 spiro atoms. The molecule has 3 aromatic rings. The van der Waals surface area contributed by atoms with Gasteiger partial charge in [0.2, 0.25) is 15.9 Å². The summed E-state index contributed by atoms with van der Waals surface area (Å²) in [4.78, 5) is 27.6. The number of nitrogens with zero attached hydrogens (tertiary/aromatic N) is 2. The number of nitrogens with one attached hydrogen (secondary N) is 1. The lowest BCUT2D eigenvalue weighted by Gasteiger charge is -2.42. The maximum Gasteiger partial charge on any atom is 0.251 e. The Hall–Kier alpha value is -2.68. The summed E-state index contributed by atoms with van der Waals surface area (Å²) < 4.78 is 31.0. The number of fused-ring (bicyclic) bond motifs is 1. The average molecular weight is 542 g/mol. The molecule has 2 aromatic carbocycles. The predicted molar refractivity (Wildman–Crippen MR) is 147 cm³/mol. The van der Waals surface area contributed by atoms with Gasteiger partial charge in [-0.1, -0.05) is 36.7 Å². The largest absolute Gasteiger partial charge is 0.311 e.